The second kappa shape index (κ2) is 9.20. The van der Waals surface area contributed by atoms with Gasteiger partial charge in [-0.3, -0.25) is 14.9 Å². The Bertz CT molecular complexity index is 1180. The summed E-state index contributed by atoms with van der Waals surface area (Å²) in [6.07, 6.45) is 9.35. The Hall–Kier alpha value is -2.71. The zero-order valence-electron chi connectivity index (χ0n) is 18.5. The van der Waals surface area contributed by atoms with E-state index in [1.807, 2.05) is 31.2 Å². The minimum absolute atomic E-state index is 0.164. The van der Waals surface area contributed by atoms with Gasteiger partial charge < -0.3 is 0 Å². The molecule has 7 nitrogen and oxygen atoms in total. The molecule has 0 radical (unpaired) electrons. The number of aliphatic imine (C=N–C) groups is 1. The molecule has 0 amide bonds. The highest BCUT2D eigenvalue weighted by Crippen LogP contribution is 2.34. The van der Waals surface area contributed by atoms with Crippen molar-refractivity contribution in [3.8, 4) is 0 Å². The molecule has 0 aliphatic heterocycles. The van der Waals surface area contributed by atoms with Crippen LogP contribution < -0.4 is 5.56 Å². The van der Waals surface area contributed by atoms with Crippen LogP contribution in [0.5, 0.6) is 0 Å². The van der Waals surface area contributed by atoms with Crippen molar-refractivity contribution in [2.75, 3.05) is 13.1 Å². The topological polar surface area (TPSA) is 87.5 Å². The summed E-state index contributed by atoms with van der Waals surface area (Å²) in [5, 5.41) is 3.02. The third-order valence-electron chi connectivity index (χ3n) is 5.71. The predicted octanol–water partition coefficient (Wildman–Crippen LogP) is 3.64. The summed E-state index contributed by atoms with van der Waals surface area (Å²) in [4.78, 5) is 16.4. The Morgan fingerprint density at radius 2 is 1.90 bits per heavy atom. The van der Waals surface area contributed by atoms with E-state index in [1.54, 1.807) is 45.1 Å². The standard InChI is InChI=1S/C23H30N4O3S/c1-5-19-13-9-10-14-21(19)24-17-20-18(4)25-27(22(20)28)23(15-11-8-12-16-23)31(29,30)26(6-2)7-3/h8-15,17,25H,5-7,16H2,1-4H3. The lowest BCUT2D eigenvalue weighted by Crippen LogP contribution is -2.52. The van der Waals surface area contributed by atoms with E-state index in [9.17, 15) is 13.2 Å². The summed E-state index contributed by atoms with van der Waals surface area (Å²) in [6.45, 7) is 8.05. The van der Waals surface area contributed by atoms with Gasteiger partial charge in [-0.05, 0) is 31.1 Å². The Kier molecular flexibility index (Phi) is 6.81. The number of nitrogens with one attached hydrogen (secondary N) is 1. The minimum atomic E-state index is -3.86. The zero-order valence-corrected chi connectivity index (χ0v) is 19.3. The van der Waals surface area contributed by atoms with Gasteiger partial charge in [0.2, 0.25) is 14.9 Å². The van der Waals surface area contributed by atoms with Crippen LogP contribution in [0.4, 0.5) is 5.69 Å². The van der Waals surface area contributed by atoms with Crippen LogP contribution in [0.1, 0.15) is 44.0 Å². The third kappa shape index (κ3) is 3.97. The van der Waals surface area contributed by atoms with Gasteiger partial charge in [-0.1, -0.05) is 57.2 Å². The number of hydrogen-bond donors (Lipinski definition) is 1. The lowest BCUT2D eigenvalue weighted by Gasteiger charge is -2.35. The van der Waals surface area contributed by atoms with Gasteiger partial charge in [-0.2, -0.15) is 0 Å². The molecule has 1 aromatic heterocycles. The first-order valence-corrected chi connectivity index (χ1v) is 12.0. The quantitative estimate of drug-likeness (QED) is 0.633. The second-order valence-electron chi connectivity index (χ2n) is 7.46. The van der Waals surface area contributed by atoms with E-state index in [4.69, 9.17) is 0 Å². The SMILES string of the molecule is CCc1ccccc1N=Cc1c(C)[nH]n(C2(S(=O)(=O)N(CC)CC)C=CC=CC2)c1=O. The Balaban J connectivity index is 2.14. The third-order valence-corrected chi connectivity index (χ3v) is 8.28. The summed E-state index contributed by atoms with van der Waals surface area (Å²) in [5.74, 6) is 0. The van der Waals surface area contributed by atoms with Crippen LogP contribution in [0.25, 0.3) is 0 Å². The normalized spacial score (nSPS) is 19.0. The number of para-hydroxylation sites is 1. The maximum atomic E-state index is 13.6. The van der Waals surface area contributed by atoms with Crippen molar-refractivity contribution in [1.82, 2.24) is 14.1 Å². The molecule has 1 aliphatic rings. The summed E-state index contributed by atoms with van der Waals surface area (Å²) >= 11 is 0. The van der Waals surface area contributed by atoms with Gasteiger partial charge in [0.15, 0.2) is 0 Å². The number of rotatable bonds is 8. The monoisotopic (exact) mass is 442 g/mol. The van der Waals surface area contributed by atoms with E-state index in [-0.39, 0.29) is 6.42 Å². The van der Waals surface area contributed by atoms with Crippen LogP contribution >= 0.6 is 0 Å². The number of allylic oxidation sites excluding steroid dienone is 3. The maximum Gasteiger partial charge on any atom is 0.277 e. The fourth-order valence-electron chi connectivity index (χ4n) is 3.90. The minimum Gasteiger partial charge on any atom is -0.297 e. The van der Waals surface area contributed by atoms with Crippen LogP contribution in [0.3, 0.4) is 0 Å². The van der Waals surface area contributed by atoms with E-state index in [0.29, 0.717) is 24.3 Å². The van der Waals surface area contributed by atoms with Gasteiger partial charge in [0.25, 0.3) is 5.56 Å². The van der Waals surface area contributed by atoms with Gasteiger partial charge >= 0.3 is 0 Å². The highest BCUT2D eigenvalue weighted by Gasteiger charge is 2.48. The first-order chi connectivity index (χ1) is 14.8. The molecule has 0 saturated heterocycles. The number of aromatic amines is 1. The number of hydrogen-bond acceptors (Lipinski definition) is 4. The molecule has 1 heterocycles. The molecule has 166 valence electrons. The smallest absolute Gasteiger partial charge is 0.277 e. The Morgan fingerprint density at radius 3 is 2.52 bits per heavy atom. The van der Waals surface area contributed by atoms with E-state index >= 15 is 0 Å². The summed E-state index contributed by atoms with van der Waals surface area (Å²) in [7, 11) is -3.86. The van der Waals surface area contributed by atoms with Crippen molar-refractivity contribution < 1.29 is 8.42 Å². The average molecular weight is 443 g/mol. The molecule has 31 heavy (non-hydrogen) atoms. The molecule has 1 aliphatic carbocycles. The molecule has 0 spiro atoms. The van der Waals surface area contributed by atoms with Gasteiger partial charge in [-0.25, -0.2) is 17.4 Å². The van der Waals surface area contributed by atoms with E-state index in [0.717, 1.165) is 17.7 Å². The van der Waals surface area contributed by atoms with Gasteiger partial charge in [-0.15, -0.1) is 0 Å². The largest absolute Gasteiger partial charge is 0.297 e. The Labute approximate surface area is 183 Å². The fraction of sp³-hybridized carbons (Fsp3) is 0.391. The molecule has 1 N–H and O–H groups in total. The Morgan fingerprint density at radius 1 is 1.19 bits per heavy atom. The number of sulfonamides is 1. The van der Waals surface area contributed by atoms with E-state index in [1.165, 1.54) is 15.2 Å². The van der Waals surface area contributed by atoms with Gasteiger partial charge in [0.05, 0.1) is 11.3 Å². The van der Waals surface area contributed by atoms with Crippen LogP contribution in [-0.4, -0.2) is 41.8 Å². The molecular weight excluding hydrogens is 412 g/mol. The number of H-pyrrole nitrogens is 1. The molecule has 0 fully saturated rings. The summed E-state index contributed by atoms with van der Waals surface area (Å²) < 4.78 is 29.9. The predicted molar refractivity (Wildman–Crippen MR) is 126 cm³/mol. The molecule has 0 bridgehead atoms. The van der Waals surface area contributed by atoms with E-state index < -0.39 is 20.5 Å². The molecule has 1 atom stereocenters. The number of aryl methyl sites for hydroxylation is 2. The molecule has 3 rings (SSSR count). The fourth-order valence-corrected chi connectivity index (χ4v) is 5.94. The molecule has 1 aromatic carbocycles. The van der Waals surface area contributed by atoms with Crippen LogP contribution in [-0.2, 0) is 21.3 Å². The first kappa shape index (κ1) is 23.0. The molecule has 1 unspecified atom stereocenters. The van der Waals surface area contributed by atoms with Crippen LogP contribution in [0.2, 0.25) is 0 Å². The molecule has 8 heteroatoms. The summed E-state index contributed by atoms with van der Waals surface area (Å²) in [5.41, 5.74) is 2.38. The average Bonchev–Trinajstić information content (AvgIpc) is 3.07. The van der Waals surface area contributed by atoms with Gasteiger partial charge in [0, 0.05) is 31.4 Å². The van der Waals surface area contributed by atoms with Crippen molar-refractivity contribution in [2.45, 2.75) is 45.4 Å². The number of nitrogens with zero attached hydrogens (tertiary/aromatic N) is 3. The van der Waals surface area contributed by atoms with Crippen LogP contribution in [0, 0.1) is 6.92 Å². The van der Waals surface area contributed by atoms with Crippen molar-refractivity contribution in [2.24, 2.45) is 4.99 Å². The van der Waals surface area contributed by atoms with Crippen molar-refractivity contribution in [1.29, 1.82) is 0 Å². The summed E-state index contributed by atoms with van der Waals surface area (Å²) in [6, 6.07) is 7.76. The first-order valence-electron chi connectivity index (χ1n) is 10.6. The highest BCUT2D eigenvalue weighted by atomic mass is 32.2. The van der Waals surface area contributed by atoms with Crippen molar-refractivity contribution >= 4 is 21.9 Å². The maximum absolute atomic E-state index is 13.6. The number of aromatic nitrogens is 2. The van der Waals surface area contributed by atoms with Gasteiger partial charge in [0.1, 0.15) is 0 Å². The molecule has 0 saturated carbocycles. The zero-order chi connectivity index (χ0) is 22.6. The number of benzene rings is 1. The van der Waals surface area contributed by atoms with E-state index in [2.05, 4.69) is 10.1 Å². The van der Waals surface area contributed by atoms with Crippen molar-refractivity contribution in [3.63, 3.8) is 0 Å². The van der Waals surface area contributed by atoms with Crippen LogP contribution in [0.15, 0.2) is 58.4 Å². The highest BCUT2D eigenvalue weighted by molar-refractivity contribution is 7.90. The second-order valence-corrected chi connectivity index (χ2v) is 9.63. The lowest BCUT2D eigenvalue weighted by molar-refractivity contribution is 0.367. The molecular formula is C23H30N4O3S. The molecule has 2 aromatic rings. The lowest BCUT2D eigenvalue weighted by atomic mass is 10.1. The van der Waals surface area contributed by atoms with Crippen molar-refractivity contribution in [3.05, 3.63) is 75.7 Å².